The summed E-state index contributed by atoms with van der Waals surface area (Å²) in [5.41, 5.74) is 0. The first kappa shape index (κ1) is 16.5. The van der Waals surface area contributed by atoms with Crippen molar-refractivity contribution >= 4 is 38.5 Å². The number of carbonyl (C=O) groups excluding carboxylic acids is 1. The van der Waals surface area contributed by atoms with Crippen molar-refractivity contribution in [3.05, 3.63) is 27.8 Å². The van der Waals surface area contributed by atoms with Gasteiger partial charge in [-0.3, -0.25) is 4.79 Å². The normalized spacial score (nSPS) is 16.8. The van der Waals surface area contributed by atoms with Crippen molar-refractivity contribution in [3.63, 3.8) is 0 Å². The quantitative estimate of drug-likeness (QED) is 0.671. The number of rotatable bonds is 4. The molecule has 0 N–H and O–H groups in total. The smallest absolute Gasteiger partial charge is 0.260 e. The predicted octanol–water partition coefficient (Wildman–Crippen LogP) is 0.774. The van der Waals surface area contributed by atoms with E-state index in [9.17, 15) is 13.2 Å². The SMILES string of the molecule is CS(=O)(=O)N1CCN(C(=O)COc2ccc(I)cc2)CC1. The number of amides is 1. The maximum absolute atomic E-state index is 12.0. The molecule has 2 rings (SSSR count). The van der Waals surface area contributed by atoms with E-state index in [1.807, 2.05) is 24.3 Å². The maximum Gasteiger partial charge on any atom is 0.260 e. The molecule has 1 amide bonds. The van der Waals surface area contributed by atoms with E-state index in [2.05, 4.69) is 22.6 Å². The van der Waals surface area contributed by atoms with Gasteiger partial charge in [0.15, 0.2) is 6.61 Å². The summed E-state index contributed by atoms with van der Waals surface area (Å²) in [5, 5.41) is 0. The molecule has 1 fully saturated rings. The van der Waals surface area contributed by atoms with Crippen molar-refractivity contribution in [2.75, 3.05) is 39.0 Å². The lowest BCUT2D eigenvalue weighted by atomic mass is 10.3. The molecule has 6 nitrogen and oxygen atoms in total. The van der Waals surface area contributed by atoms with Gasteiger partial charge in [0.1, 0.15) is 5.75 Å². The Hall–Kier alpha value is -0.870. The Morgan fingerprint density at radius 1 is 1.19 bits per heavy atom. The molecular weight excluding hydrogens is 407 g/mol. The fourth-order valence-corrected chi connectivity index (χ4v) is 3.22. The Kier molecular flexibility index (Phi) is 5.44. The van der Waals surface area contributed by atoms with Crippen molar-refractivity contribution < 1.29 is 17.9 Å². The Morgan fingerprint density at radius 3 is 2.29 bits per heavy atom. The van der Waals surface area contributed by atoms with Crippen LogP contribution in [-0.2, 0) is 14.8 Å². The molecule has 1 aliphatic rings. The van der Waals surface area contributed by atoms with Crippen LogP contribution in [0.25, 0.3) is 0 Å². The molecular formula is C13H17IN2O4S. The van der Waals surface area contributed by atoms with Gasteiger partial charge in [-0.25, -0.2) is 8.42 Å². The molecule has 1 aromatic rings. The third-order valence-corrected chi connectivity index (χ3v) is 5.26. The molecule has 0 radical (unpaired) electrons. The summed E-state index contributed by atoms with van der Waals surface area (Å²) in [6, 6.07) is 7.45. The molecule has 0 aromatic heterocycles. The van der Waals surface area contributed by atoms with Gasteiger partial charge in [0.2, 0.25) is 10.0 Å². The van der Waals surface area contributed by atoms with Crippen molar-refractivity contribution in [3.8, 4) is 5.75 Å². The Bertz CT molecular complexity index is 595. The van der Waals surface area contributed by atoms with Crippen LogP contribution in [0.1, 0.15) is 0 Å². The topological polar surface area (TPSA) is 66.9 Å². The van der Waals surface area contributed by atoms with Crippen LogP contribution < -0.4 is 4.74 Å². The third-order valence-electron chi connectivity index (χ3n) is 3.24. The predicted molar refractivity (Wildman–Crippen MR) is 87.7 cm³/mol. The van der Waals surface area contributed by atoms with E-state index in [-0.39, 0.29) is 12.5 Å². The minimum Gasteiger partial charge on any atom is -0.484 e. The second-order valence-electron chi connectivity index (χ2n) is 4.79. The molecule has 1 aliphatic heterocycles. The molecule has 0 unspecified atom stereocenters. The molecule has 1 saturated heterocycles. The fourth-order valence-electron chi connectivity index (χ4n) is 2.04. The number of hydrogen-bond acceptors (Lipinski definition) is 4. The molecule has 0 atom stereocenters. The molecule has 116 valence electrons. The molecule has 0 saturated carbocycles. The highest BCUT2D eigenvalue weighted by Crippen LogP contribution is 2.14. The summed E-state index contributed by atoms with van der Waals surface area (Å²) in [6.07, 6.45) is 1.18. The fraction of sp³-hybridized carbons (Fsp3) is 0.462. The lowest BCUT2D eigenvalue weighted by Gasteiger charge is -2.33. The van der Waals surface area contributed by atoms with Crippen LogP contribution in [0.15, 0.2) is 24.3 Å². The number of ether oxygens (including phenoxy) is 1. The number of piperazine rings is 1. The van der Waals surface area contributed by atoms with E-state index >= 15 is 0 Å². The molecule has 0 spiro atoms. The van der Waals surface area contributed by atoms with Gasteiger partial charge >= 0.3 is 0 Å². The monoisotopic (exact) mass is 424 g/mol. The average molecular weight is 424 g/mol. The summed E-state index contributed by atoms with van der Waals surface area (Å²) in [7, 11) is -3.17. The highest BCUT2D eigenvalue weighted by molar-refractivity contribution is 14.1. The van der Waals surface area contributed by atoms with E-state index in [0.29, 0.717) is 31.9 Å². The van der Waals surface area contributed by atoms with Crippen molar-refractivity contribution in [2.45, 2.75) is 0 Å². The van der Waals surface area contributed by atoms with Crippen LogP contribution in [0.2, 0.25) is 0 Å². The van der Waals surface area contributed by atoms with E-state index in [4.69, 9.17) is 4.74 Å². The minimum absolute atomic E-state index is 0.0283. The van der Waals surface area contributed by atoms with E-state index in [0.717, 1.165) is 3.57 Å². The average Bonchev–Trinajstić information content (AvgIpc) is 2.45. The van der Waals surface area contributed by atoms with Gasteiger partial charge in [-0.2, -0.15) is 4.31 Å². The molecule has 1 aromatic carbocycles. The van der Waals surface area contributed by atoms with Crippen LogP contribution >= 0.6 is 22.6 Å². The largest absolute Gasteiger partial charge is 0.484 e. The van der Waals surface area contributed by atoms with Gasteiger partial charge in [0.25, 0.3) is 5.91 Å². The number of sulfonamides is 1. The van der Waals surface area contributed by atoms with Crippen molar-refractivity contribution in [1.82, 2.24) is 9.21 Å². The number of carbonyl (C=O) groups is 1. The van der Waals surface area contributed by atoms with Crippen LogP contribution in [0.4, 0.5) is 0 Å². The second-order valence-corrected chi connectivity index (χ2v) is 8.01. The van der Waals surface area contributed by atoms with Gasteiger partial charge < -0.3 is 9.64 Å². The Labute approximate surface area is 138 Å². The molecule has 0 aliphatic carbocycles. The van der Waals surface area contributed by atoms with Gasteiger partial charge in [-0.15, -0.1) is 0 Å². The number of nitrogens with zero attached hydrogens (tertiary/aromatic N) is 2. The third kappa shape index (κ3) is 4.82. The maximum atomic E-state index is 12.0. The van der Waals surface area contributed by atoms with Crippen molar-refractivity contribution in [2.24, 2.45) is 0 Å². The van der Waals surface area contributed by atoms with Gasteiger partial charge in [-0.1, -0.05) is 0 Å². The standard InChI is InChI=1S/C13H17IN2O4S/c1-21(18,19)16-8-6-15(7-9-16)13(17)10-20-12-4-2-11(14)3-5-12/h2-5H,6-10H2,1H3. The first-order valence-electron chi connectivity index (χ1n) is 6.47. The minimum atomic E-state index is -3.17. The van der Waals surface area contributed by atoms with Gasteiger partial charge in [0, 0.05) is 29.7 Å². The summed E-state index contributed by atoms with van der Waals surface area (Å²) >= 11 is 2.20. The molecule has 8 heteroatoms. The van der Waals surface area contributed by atoms with Gasteiger partial charge in [-0.05, 0) is 46.9 Å². The highest BCUT2D eigenvalue weighted by atomic mass is 127. The first-order valence-corrected chi connectivity index (χ1v) is 9.40. The lowest BCUT2D eigenvalue weighted by Crippen LogP contribution is -2.51. The zero-order valence-electron chi connectivity index (χ0n) is 11.7. The van der Waals surface area contributed by atoms with Crippen molar-refractivity contribution in [1.29, 1.82) is 0 Å². The zero-order chi connectivity index (χ0) is 15.5. The van der Waals surface area contributed by atoms with E-state index < -0.39 is 10.0 Å². The highest BCUT2D eigenvalue weighted by Gasteiger charge is 2.26. The van der Waals surface area contributed by atoms with E-state index in [1.54, 1.807) is 4.90 Å². The summed E-state index contributed by atoms with van der Waals surface area (Å²) in [4.78, 5) is 13.7. The second kappa shape index (κ2) is 6.93. The molecule has 21 heavy (non-hydrogen) atoms. The summed E-state index contributed by atoms with van der Waals surface area (Å²) < 4.78 is 30.7. The molecule has 1 heterocycles. The van der Waals surface area contributed by atoms with E-state index in [1.165, 1.54) is 10.6 Å². The van der Waals surface area contributed by atoms with Gasteiger partial charge in [0.05, 0.1) is 6.26 Å². The van der Waals surface area contributed by atoms with Crippen LogP contribution in [0.5, 0.6) is 5.75 Å². The summed E-state index contributed by atoms with van der Waals surface area (Å²) in [6.45, 7) is 1.46. The molecule has 0 bridgehead atoms. The first-order chi connectivity index (χ1) is 9.86. The Morgan fingerprint density at radius 2 is 1.76 bits per heavy atom. The number of hydrogen-bond donors (Lipinski definition) is 0. The van der Waals surface area contributed by atoms with Crippen LogP contribution in [0.3, 0.4) is 0 Å². The number of halogens is 1. The lowest BCUT2D eigenvalue weighted by molar-refractivity contribution is -0.134. The van der Waals surface area contributed by atoms with Crippen LogP contribution in [-0.4, -0.2) is 62.6 Å². The zero-order valence-corrected chi connectivity index (χ0v) is 14.6. The summed E-state index contributed by atoms with van der Waals surface area (Å²) in [5.74, 6) is 0.528. The Balaban J connectivity index is 1.81. The van der Waals surface area contributed by atoms with Crippen LogP contribution in [0, 0.1) is 3.57 Å². The number of benzene rings is 1.